The fraction of sp³-hybridized carbons (Fsp3) is 0.0526. The molecule has 0 bridgehead atoms. The zero-order chi connectivity index (χ0) is 20.1. The second-order valence-corrected chi connectivity index (χ2v) is 5.55. The van der Waals surface area contributed by atoms with Gasteiger partial charge in [-0.1, -0.05) is 0 Å². The molecule has 1 heterocycles. The monoisotopic (exact) mass is 383 g/mol. The quantitative estimate of drug-likeness (QED) is 0.396. The minimum absolute atomic E-state index is 0.165. The van der Waals surface area contributed by atoms with Gasteiger partial charge in [0, 0.05) is 5.56 Å². The van der Waals surface area contributed by atoms with Gasteiger partial charge in [0.2, 0.25) is 0 Å². The lowest BCUT2D eigenvalue weighted by Crippen LogP contribution is -2.17. The molecule has 3 aromatic rings. The van der Waals surface area contributed by atoms with E-state index in [9.17, 15) is 19.3 Å². The van der Waals surface area contributed by atoms with Crippen molar-refractivity contribution in [3.8, 4) is 17.1 Å². The average Bonchev–Trinajstić information content (AvgIpc) is 3.16. The summed E-state index contributed by atoms with van der Waals surface area (Å²) < 4.78 is 23.4. The number of halogens is 1. The lowest BCUT2D eigenvalue weighted by molar-refractivity contribution is -0.384. The molecule has 0 atom stereocenters. The van der Waals surface area contributed by atoms with Gasteiger partial charge >= 0.3 is 0 Å². The van der Waals surface area contributed by atoms with Crippen molar-refractivity contribution in [2.75, 3.05) is 7.11 Å². The summed E-state index contributed by atoms with van der Waals surface area (Å²) in [5, 5.41) is 15.1. The van der Waals surface area contributed by atoms with Crippen LogP contribution in [0.2, 0.25) is 0 Å². The molecule has 9 heteroatoms. The number of nitro groups is 1. The Morgan fingerprint density at radius 2 is 1.96 bits per heavy atom. The topological polar surface area (TPSA) is 107 Å². The molecule has 2 aromatic carbocycles. The van der Waals surface area contributed by atoms with E-state index < -0.39 is 16.6 Å². The molecular formula is C19H14FN3O5. The van der Waals surface area contributed by atoms with Crippen molar-refractivity contribution in [1.29, 1.82) is 0 Å². The predicted molar refractivity (Wildman–Crippen MR) is 98.8 cm³/mol. The summed E-state index contributed by atoms with van der Waals surface area (Å²) in [5.41, 5.74) is 2.64. The molecular weight excluding hydrogens is 369 g/mol. The largest absolute Gasteiger partial charge is 0.497 e. The summed E-state index contributed by atoms with van der Waals surface area (Å²) in [7, 11) is 1.42. The molecule has 0 saturated heterocycles. The first kappa shape index (κ1) is 18.8. The van der Waals surface area contributed by atoms with Gasteiger partial charge in [0.15, 0.2) is 0 Å². The predicted octanol–water partition coefficient (Wildman–Crippen LogP) is 3.77. The Morgan fingerprint density at radius 1 is 1.21 bits per heavy atom. The number of furan rings is 1. The second kappa shape index (κ2) is 8.12. The van der Waals surface area contributed by atoms with E-state index in [2.05, 4.69) is 10.5 Å². The van der Waals surface area contributed by atoms with Gasteiger partial charge in [-0.3, -0.25) is 14.9 Å². The van der Waals surface area contributed by atoms with E-state index in [1.54, 1.807) is 18.2 Å². The van der Waals surface area contributed by atoms with E-state index >= 15 is 0 Å². The number of ether oxygens (including phenoxy) is 1. The van der Waals surface area contributed by atoms with Crippen molar-refractivity contribution >= 4 is 17.8 Å². The number of methoxy groups -OCH3 is 1. The number of nitrogens with one attached hydrogen (secondary N) is 1. The van der Waals surface area contributed by atoms with E-state index in [1.807, 2.05) is 0 Å². The fourth-order valence-electron chi connectivity index (χ4n) is 2.39. The van der Waals surface area contributed by atoms with Gasteiger partial charge in [-0.05, 0) is 48.5 Å². The van der Waals surface area contributed by atoms with Gasteiger partial charge in [-0.2, -0.15) is 5.10 Å². The second-order valence-electron chi connectivity index (χ2n) is 5.55. The summed E-state index contributed by atoms with van der Waals surface area (Å²) in [5.74, 6) is -0.0721. The first-order chi connectivity index (χ1) is 13.5. The van der Waals surface area contributed by atoms with Crippen molar-refractivity contribution in [3.63, 3.8) is 0 Å². The molecule has 0 spiro atoms. The highest BCUT2D eigenvalue weighted by molar-refractivity contribution is 5.94. The van der Waals surface area contributed by atoms with Gasteiger partial charge in [0.1, 0.15) is 23.1 Å². The fourth-order valence-corrected chi connectivity index (χ4v) is 2.39. The van der Waals surface area contributed by atoms with Crippen LogP contribution in [-0.2, 0) is 0 Å². The van der Waals surface area contributed by atoms with E-state index in [1.165, 1.54) is 49.7 Å². The average molecular weight is 383 g/mol. The Labute approximate surface area is 158 Å². The Hall–Kier alpha value is -4.01. The van der Waals surface area contributed by atoms with Crippen molar-refractivity contribution in [1.82, 2.24) is 5.43 Å². The van der Waals surface area contributed by atoms with Crippen molar-refractivity contribution in [2.24, 2.45) is 5.10 Å². The third-order valence-corrected chi connectivity index (χ3v) is 3.76. The number of amides is 1. The number of carbonyl (C=O) groups excluding carboxylic acids is 1. The zero-order valence-electron chi connectivity index (χ0n) is 14.6. The first-order valence-corrected chi connectivity index (χ1v) is 7.99. The summed E-state index contributed by atoms with van der Waals surface area (Å²) in [6.45, 7) is 0. The van der Waals surface area contributed by atoms with E-state index in [0.717, 1.165) is 0 Å². The van der Waals surface area contributed by atoms with Crippen molar-refractivity contribution < 1.29 is 23.3 Å². The molecule has 1 aromatic heterocycles. The number of benzene rings is 2. The summed E-state index contributed by atoms with van der Waals surface area (Å²) in [6, 6.07) is 12.5. The molecule has 1 amide bonds. The Bertz CT molecular complexity index is 1040. The number of carbonyl (C=O) groups is 1. The van der Waals surface area contributed by atoms with Gasteiger partial charge in [-0.25, -0.2) is 9.82 Å². The minimum atomic E-state index is -0.531. The smallest absolute Gasteiger partial charge is 0.284 e. The molecule has 3 rings (SSSR count). The van der Waals surface area contributed by atoms with Crippen LogP contribution in [0.3, 0.4) is 0 Å². The van der Waals surface area contributed by atoms with E-state index in [0.29, 0.717) is 5.75 Å². The molecule has 0 aliphatic rings. The normalized spacial score (nSPS) is 10.8. The molecule has 0 fully saturated rings. The molecule has 0 radical (unpaired) electrons. The third kappa shape index (κ3) is 4.21. The molecule has 142 valence electrons. The van der Waals surface area contributed by atoms with Crippen LogP contribution in [0.4, 0.5) is 10.1 Å². The highest BCUT2D eigenvalue weighted by atomic mass is 19.1. The lowest BCUT2D eigenvalue weighted by atomic mass is 10.1. The van der Waals surface area contributed by atoms with Crippen LogP contribution in [0.25, 0.3) is 11.3 Å². The summed E-state index contributed by atoms with van der Waals surface area (Å²) in [4.78, 5) is 22.6. The molecule has 1 N–H and O–H groups in total. The van der Waals surface area contributed by atoms with Gasteiger partial charge in [0.25, 0.3) is 11.6 Å². The van der Waals surface area contributed by atoms with Crippen LogP contribution < -0.4 is 10.2 Å². The number of hydrazone groups is 1. The summed E-state index contributed by atoms with van der Waals surface area (Å²) >= 11 is 0. The Morgan fingerprint density at radius 3 is 2.64 bits per heavy atom. The third-order valence-electron chi connectivity index (χ3n) is 3.76. The molecule has 8 nitrogen and oxygen atoms in total. The number of hydrogen-bond donors (Lipinski definition) is 1. The number of nitrogens with zero attached hydrogens (tertiary/aromatic N) is 2. The Balaban J connectivity index is 1.74. The van der Waals surface area contributed by atoms with Crippen LogP contribution >= 0.6 is 0 Å². The lowest BCUT2D eigenvalue weighted by Gasteiger charge is -2.03. The molecule has 0 aliphatic carbocycles. The van der Waals surface area contributed by atoms with Crippen molar-refractivity contribution in [2.45, 2.75) is 0 Å². The van der Waals surface area contributed by atoms with Gasteiger partial charge in [-0.15, -0.1) is 0 Å². The van der Waals surface area contributed by atoms with Crippen LogP contribution in [0.5, 0.6) is 5.75 Å². The van der Waals surface area contributed by atoms with Crippen LogP contribution in [0.1, 0.15) is 16.1 Å². The first-order valence-electron chi connectivity index (χ1n) is 7.99. The van der Waals surface area contributed by atoms with E-state index in [-0.39, 0.29) is 28.3 Å². The minimum Gasteiger partial charge on any atom is -0.497 e. The van der Waals surface area contributed by atoms with E-state index in [4.69, 9.17) is 9.15 Å². The van der Waals surface area contributed by atoms with Crippen molar-refractivity contribution in [3.05, 3.63) is 81.9 Å². The molecule has 0 aliphatic heterocycles. The molecule has 28 heavy (non-hydrogen) atoms. The SMILES string of the molecule is COc1ccc(-c2ccc(/C=N\NC(=O)c3ccc(F)cc3)o2)c([N+](=O)[O-])c1. The number of rotatable bonds is 6. The maximum Gasteiger partial charge on any atom is 0.284 e. The van der Waals surface area contributed by atoms with Gasteiger partial charge in [0.05, 0.1) is 29.9 Å². The van der Waals surface area contributed by atoms with Gasteiger partial charge < -0.3 is 9.15 Å². The number of nitro benzene ring substituents is 1. The molecule has 0 unspecified atom stereocenters. The molecule has 0 saturated carbocycles. The summed E-state index contributed by atoms with van der Waals surface area (Å²) in [6.07, 6.45) is 1.25. The highest BCUT2D eigenvalue weighted by Gasteiger charge is 2.19. The van der Waals surface area contributed by atoms with Crippen LogP contribution in [0.15, 0.2) is 64.1 Å². The van der Waals surface area contributed by atoms with Crippen LogP contribution in [0, 0.1) is 15.9 Å². The Kier molecular flexibility index (Phi) is 5.45. The standard InChI is InChI=1S/C19H14FN3O5/c1-27-14-6-8-16(17(10-14)23(25)26)18-9-7-15(28-18)11-21-22-19(24)12-2-4-13(20)5-3-12/h2-11H,1H3,(H,22,24)/b21-11-. The highest BCUT2D eigenvalue weighted by Crippen LogP contribution is 2.33. The number of hydrogen-bond acceptors (Lipinski definition) is 6. The maximum absolute atomic E-state index is 12.9. The maximum atomic E-state index is 12.9. The van der Waals surface area contributed by atoms with Crippen LogP contribution in [-0.4, -0.2) is 24.2 Å². The zero-order valence-corrected chi connectivity index (χ0v) is 14.6.